The van der Waals surface area contributed by atoms with Crippen LogP contribution in [0.15, 0.2) is 58.5 Å². The molecule has 1 aliphatic rings. The lowest BCUT2D eigenvalue weighted by atomic mass is 9.97. The van der Waals surface area contributed by atoms with Crippen LogP contribution >= 0.6 is 23.1 Å². The van der Waals surface area contributed by atoms with Crippen LogP contribution in [0.2, 0.25) is 0 Å². The summed E-state index contributed by atoms with van der Waals surface area (Å²) >= 11 is 2.80. The molecule has 0 radical (unpaired) electrons. The Hall–Kier alpha value is -3.09. The third-order valence-corrected chi connectivity index (χ3v) is 8.04. The first-order valence-corrected chi connectivity index (χ1v) is 12.5. The zero-order chi connectivity index (χ0) is 23.9. The van der Waals surface area contributed by atoms with Crippen molar-refractivity contribution < 1.29 is 13.2 Å². The van der Waals surface area contributed by atoms with Gasteiger partial charge in [0.05, 0.1) is 28.3 Å². The summed E-state index contributed by atoms with van der Waals surface area (Å²) in [6, 6.07) is 13.9. The van der Waals surface area contributed by atoms with Crippen LogP contribution in [0.4, 0.5) is 13.2 Å². The van der Waals surface area contributed by atoms with Crippen molar-refractivity contribution in [1.82, 2.24) is 9.55 Å². The number of aryl methyl sites for hydroxylation is 2. The van der Waals surface area contributed by atoms with E-state index in [0.29, 0.717) is 26.7 Å². The number of halogens is 3. The van der Waals surface area contributed by atoms with Crippen molar-refractivity contribution in [1.29, 1.82) is 5.26 Å². The largest absolute Gasteiger partial charge is 0.416 e. The fourth-order valence-electron chi connectivity index (χ4n) is 4.16. The van der Waals surface area contributed by atoms with Gasteiger partial charge in [-0.25, -0.2) is 4.98 Å². The molecule has 1 aliphatic carbocycles. The second kappa shape index (κ2) is 8.93. The monoisotopic (exact) mass is 497 g/mol. The predicted octanol–water partition coefficient (Wildman–Crippen LogP) is 6.51. The molecule has 2 heterocycles. The Kier molecular flexibility index (Phi) is 5.96. The summed E-state index contributed by atoms with van der Waals surface area (Å²) in [6.45, 7) is 0. The third kappa shape index (κ3) is 4.24. The molecular weight excluding hydrogens is 479 g/mol. The lowest BCUT2D eigenvalue weighted by molar-refractivity contribution is -0.137. The Morgan fingerprint density at radius 1 is 1.12 bits per heavy atom. The van der Waals surface area contributed by atoms with Crippen molar-refractivity contribution in [3.8, 4) is 11.8 Å². The van der Waals surface area contributed by atoms with Crippen molar-refractivity contribution in [2.75, 3.05) is 0 Å². The van der Waals surface area contributed by atoms with E-state index in [9.17, 15) is 18.0 Å². The molecule has 4 aromatic rings. The maximum Gasteiger partial charge on any atom is 0.416 e. The normalized spacial score (nSPS) is 13.6. The summed E-state index contributed by atoms with van der Waals surface area (Å²) in [4.78, 5) is 20.3. The Morgan fingerprint density at radius 3 is 2.62 bits per heavy atom. The van der Waals surface area contributed by atoms with E-state index >= 15 is 0 Å². The third-order valence-electron chi connectivity index (χ3n) is 5.84. The first-order valence-electron chi connectivity index (χ1n) is 10.7. The molecule has 172 valence electrons. The van der Waals surface area contributed by atoms with Gasteiger partial charge in [0, 0.05) is 10.6 Å². The van der Waals surface area contributed by atoms with E-state index in [4.69, 9.17) is 10.2 Å². The summed E-state index contributed by atoms with van der Waals surface area (Å²) in [5.41, 5.74) is 1.46. The number of nitriles is 1. The van der Waals surface area contributed by atoms with Gasteiger partial charge in [0.2, 0.25) is 0 Å². The Bertz CT molecular complexity index is 1480. The van der Waals surface area contributed by atoms with Gasteiger partial charge in [-0.15, -0.1) is 11.3 Å². The van der Waals surface area contributed by atoms with Crippen LogP contribution in [0.5, 0.6) is 0 Å². The molecule has 5 rings (SSSR count). The van der Waals surface area contributed by atoms with E-state index in [1.54, 1.807) is 12.1 Å². The van der Waals surface area contributed by atoms with Gasteiger partial charge < -0.3 is 0 Å². The van der Waals surface area contributed by atoms with Crippen LogP contribution < -0.4 is 5.56 Å². The first kappa shape index (κ1) is 22.7. The molecule has 0 spiro atoms. The van der Waals surface area contributed by atoms with Crippen LogP contribution in [0, 0.1) is 11.3 Å². The van der Waals surface area contributed by atoms with Gasteiger partial charge >= 0.3 is 6.18 Å². The van der Waals surface area contributed by atoms with Gasteiger partial charge in [-0.2, -0.15) is 18.4 Å². The van der Waals surface area contributed by atoms with E-state index < -0.39 is 11.7 Å². The highest BCUT2D eigenvalue weighted by Crippen LogP contribution is 2.36. The summed E-state index contributed by atoms with van der Waals surface area (Å²) in [6.07, 6.45) is -0.799. The number of hydrogen-bond acceptors (Lipinski definition) is 5. The molecule has 2 aromatic heterocycles. The number of rotatable bonds is 4. The first-order chi connectivity index (χ1) is 16.3. The van der Waals surface area contributed by atoms with Crippen molar-refractivity contribution in [3.05, 3.63) is 86.0 Å². The van der Waals surface area contributed by atoms with Gasteiger partial charge in [-0.05, 0) is 67.1 Å². The number of benzene rings is 2. The average molecular weight is 498 g/mol. The number of alkyl halides is 3. The number of aromatic nitrogens is 2. The summed E-state index contributed by atoms with van der Waals surface area (Å²) in [7, 11) is 0. The topological polar surface area (TPSA) is 58.7 Å². The minimum atomic E-state index is -4.52. The van der Waals surface area contributed by atoms with E-state index in [0.717, 1.165) is 53.8 Å². The van der Waals surface area contributed by atoms with Crippen molar-refractivity contribution >= 4 is 33.3 Å². The minimum Gasteiger partial charge on any atom is -0.268 e. The van der Waals surface area contributed by atoms with Gasteiger partial charge in [0.1, 0.15) is 4.83 Å². The average Bonchev–Trinajstić information content (AvgIpc) is 3.21. The van der Waals surface area contributed by atoms with Crippen LogP contribution in [-0.2, 0) is 24.8 Å². The van der Waals surface area contributed by atoms with Crippen molar-refractivity contribution in [3.63, 3.8) is 0 Å². The molecular formula is C25H18F3N3OS2. The number of hydrogen-bond donors (Lipinski definition) is 0. The number of thiophene rings is 1. The molecule has 4 nitrogen and oxygen atoms in total. The van der Waals surface area contributed by atoms with Crippen molar-refractivity contribution in [2.24, 2.45) is 0 Å². The van der Waals surface area contributed by atoms with Gasteiger partial charge in [-0.1, -0.05) is 30.0 Å². The minimum absolute atomic E-state index is 0.146. The molecule has 9 heteroatoms. The Morgan fingerprint density at radius 2 is 1.88 bits per heavy atom. The molecule has 0 fully saturated rings. The maximum atomic E-state index is 13.7. The Labute approximate surface area is 201 Å². The zero-order valence-corrected chi connectivity index (χ0v) is 19.5. The molecule has 0 bridgehead atoms. The SMILES string of the molecule is N#Cc1ccc(CSc2nc3sc4c(c3c(=O)n2-c2cccc(C(F)(F)F)c2)CCCC4)cc1. The fraction of sp³-hybridized carbons (Fsp3) is 0.240. The second-order valence-corrected chi connectivity index (χ2v) is 10.1. The fourth-order valence-corrected chi connectivity index (χ4v) is 6.43. The number of fused-ring (bicyclic) bond motifs is 3. The van der Waals surface area contributed by atoms with E-state index in [1.807, 2.05) is 12.1 Å². The molecule has 0 N–H and O–H groups in total. The highest BCUT2D eigenvalue weighted by atomic mass is 32.2. The van der Waals surface area contributed by atoms with Gasteiger partial charge in [0.25, 0.3) is 5.56 Å². The van der Waals surface area contributed by atoms with E-state index in [1.165, 1.54) is 39.8 Å². The van der Waals surface area contributed by atoms with Crippen LogP contribution in [-0.4, -0.2) is 9.55 Å². The van der Waals surface area contributed by atoms with Crippen LogP contribution in [0.3, 0.4) is 0 Å². The molecule has 0 saturated heterocycles. The lowest BCUT2D eigenvalue weighted by Crippen LogP contribution is -2.22. The van der Waals surface area contributed by atoms with Crippen LogP contribution in [0.25, 0.3) is 15.9 Å². The van der Waals surface area contributed by atoms with E-state index in [2.05, 4.69) is 6.07 Å². The zero-order valence-electron chi connectivity index (χ0n) is 17.9. The number of thioether (sulfide) groups is 1. The smallest absolute Gasteiger partial charge is 0.268 e. The molecule has 0 aliphatic heterocycles. The van der Waals surface area contributed by atoms with Gasteiger partial charge in [-0.3, -0.25) is 9.36 Å². The second-order valence-electron chi connectivity index (χ2n) is 8.07. The molecule has 0 amide bonds. The molecule has 2 aromatic carbocycles. The highest BCUT2D eigenvalue weighted by Gasteiger charge is 2.31. The Balaban J connectivity index is 1.65. The molecule has 0 unspecified atom stereocenters. The summed E-state index contributed by atoms with van der Waals surface area (Å²) in [5.74, 6) is 0.452. The summed E-state index contributed by atoms with van der Waals surface area (Å²) < 4.78 is 41.6. The summed E-state index contributed by atoms with van der Waals surface area (Å²) in [5, 5.41) is 9.87. The molecule has 0 saturated carbocycles. The predicted molar refractivity (Wildman–Crippen MR) is 128 cm³/mol. The van der Waals surface area contributed by atoms with E-state index in [-0.39, 0.29) is 11.2 Å². The lowest BCUT2D eigenvalue weighted by Gasteiger charge is -2.15. The van der Waals surface area contributed by atoms with Gasteiger partial charge in [0.15, 0.2) is 5.16 Å². The quantitative estimate of drug-likeness (QED) is 0.238. The standard InChI is InChI=1S/C25H18F3N3OS2/c26-25(27,28)17-4-3-5-18(12-17)31-23(32)21-19-6-1-2-7-20(19)34-22(21)30-24(31)33-14-16-10-8-15(13-29)9-11-16/h3-5,8-12H,1-2,6-7,14H2. The molecule has 34 heavy (non-hydrogen) atoms. The van der Waals surface area contributed by atoms with Crippen molar-refractivity contribution in [2.45, 2.75) is 42.8 Å². The maximum absolute atomic E-state index is 13.7. The van der Waals surface area contributed by atoms with Crippen LogP contribution in [0.1, 0.15) is 40.0 Å². The highest BCUT2D eigenvalue weighted by molar-refractivity contribution is 7.98. The molecule has 0 atom stereocenters. The number of nitrogens with zero attached hydrogens (tertiary/aromatic N) is 3.